The van der Waals surface area contributed by atoms with Gasteiger partial charge in [0.2, 0.25) is 0 Å². The van der Waals surface area contributed by atoms with Gasteiger partial charge in [-0.3, -0.25) is 0 Å². The minimum absolute atomic E-state index is 0.151. The normalized spacial score (nSPS) is 19.0. The van der Waals surface area contributed by atoms with E-state index >= 15 is 0 Å². The van der Waals surface area contributed by atoms with Crippen molar-refractivity contribution in [2.24, 2.45) is 0 Å². The summed E-state index contributed by atoms with van der Waals surface area (Å²) in [6.07, 6.45) is 2.67. The predicted octanol–water partition coefficient (Wildman–Crippen LogP) is 4.74. The van der Waals surface area contributed by atoms with Crippen molar-refractivity contribution in [1.29, 1.82) is 0 Å². The number of nitrogens with one attached hydrogen (secondary N) is 1. The largest absolute Gasteiger partial charge is 0.446 e. The molecule has 1 saturated heterocycles. The first kappa shape index (κ1) is 15.4. The van der Waals surface area contributed by atoms with E-state index in [0.29, 0.717) is 16.3 Å². The SMILES string of the molecule is Fc1ccc(-c2nc3cc(NC4OC4c4cnco4)ccc3s2)cc1F. The molecule has 5 rings (SSSR count). The smallest absolute Gasteiger partial charge is 0.180 e. The summed E-state index contributed by atoms with van der Waals surface area (Å²) in [7, 11) is 0. The van der Waals surface area contributed by atoms with E-state index < -0.39 is 11.6 Å². The minimum atomic E-state index is -0.881. The van der Waals surface area contributed by atoms with Crippen LogP contribution in [0.25, 0.3) is 20.8 Å². The van der Waals surface area contributed by atoms with E-state index in [9.17, 15) is 8.78 Å². The number of hydrogen-bond acceptors (Lipinski definition) is 6. The lowest BCUT2D eigenvalue weighted by atomic mass is 10.2. The van der Waals surface area contributed by atoms with Gasteiger partial charge in [-0.25, -0.2) is 18.7 Å². The zero-order chi connectivity index (χ0) is 17.7. The van der Waals surface area contributed by atoms with Crippen LogP contribution in [0.3, 0.4) is 0 Å². The Morgan fingerprint density at radius 1 is 1.08 bits per heavy atom. The summed E-state index contributed by atoms with van der Waals surface area (Å²) in [6.45, 7) is 0. The van der Waals surface area contributed by atoms with Crippen molar-refractivity contribution in [3.63, 3.8) is 0 Å². The molecule has 5 nitrogen and oxygen atoms in total. The maximum atomic E-state index is 13.5. The number of oxazole rings is 1. The molecule has 3 heterocycles. The maximum absolute atomic E-state index is 13.5. The number of anilines is 1. The van der Waals surface area contributed by atoms with E-state index in [1.165, 1.54) is 23.8 Å². The monoisotopic (exact) mass is 371 g/mol. The number of hydrogen-bond donors (Lipinski definition) is 1. The third-order valence-corrected chi connectivity index (χ3v) is 5.17. The quantitative estimate of drug-likeness (QED) is 0.525. The molecular formula is C18H11F2N3O2S. The molecule has 1 fully saturated rings. The molecule has 4 aromatic rings. The van der Waals surface area contributed by atoms with Gasteiger partial charge in [-0.05, 0) is 36.4 Å². The van der Waals surface area contributed by atoms with Crippen LogP contribution in [0.4, 0.5) is 14.5 Å². The Morgan fingerprint density at radius 2 is 2.00 bits per heavy atom. The number of ether oxygens (including phenoxy) is 1. The van der Waals surface area contributed by atoms with Crippen molar-refractivity contribution in [2.45, 2.75) is 12.3 Å². The highest BCUT2D eigenvalue weighted by molar-refractivity contribution is 7.21. The second kappa shape index (κ2) is 5.86. The van der Waals surface area contributed by atoms with Crippen LogP contribution in [0.2, 0.25) is 0 Å². The third-order valence-electron chi connectivity index (χ3n) is 4.09. The summed E-state index contributed by atoms with van der Waals surface area (Å²) in [5.74, 6) is -1.07. The molecule has 0 bridgehead atoms. The van der Waals surface area contributed by atoms with Crippen molar-refractivity contribution < 1.29 is 17.9 Å². The molecule has 0 saturated carbocycles. The number of benzene rings is 2. The molecular weight excluding hydrogens is 360 g/mol. The lowest BCUT2D eigenvalue weighted by Gasteiger charge is -2.01. The zero-order valence-corrected chi connectivity index (χ0v) is 14.0. The van der Waals surface area contributed by atoms with Gasteiger partial charge in [-0.15, -0.1) is 11.3 Å². The van der Waals surface area contributed by atoms with E-state index in [2.05, 4.69) is 15.3 Å². The molecule has 26 heavy (non-hydrogen) atoms. The average molecular weight is 371 g/mol. The molecule has 1 aliphatic heterocycles. The Kier molecular flexibility index (Phi) is 3.47. The molecule has 130 valence electrons. The van der Waals surface area contributed by atoms with Gasteiger partial charge in [-0.2, -0.15) is 0 Å². The van der Waals surface area contributed by atoms with E-state index in [0.717, 1.165) is 28.0 Å². The molecule has 2 unspecified atom stereocenters. The van der Waals surface area contributed by atoms with Crippen LogP contribution in [-0.4, -0.2) is 16.2 Å². The number of fused-ring (bicyclic) bond motifs is 1. The van der Waals surface area contributed by atoms with Gasteiger partial charge >= 0.3 is 0 Å². The van der Waals surface area contributed by atoms with Crippen LogP contribution in [-0.2, 0) is 4.74 Å². The molecule has 1 N–H and O–H groups in total. The third kappa shape index (κ3) is 2.73. The summed E-state index contributed by atoms with van der Waals surface area (Å²) in [6, 6.07) is 9.55. The highest BCUT2D eigenvalue weighted by Gasteiger charge is 2.43. The maximum Gasteiger partial charge on any atom is 0.180 e. The van der Waals surface area contributed by atoms with Crippen molar-refractivity contribution in [3.05, 3.63) is 66.4 Å². The minimum Gasteiger partial charge on any atom is -0.446 e. The Labute approximate surface area is 150 Å². The molecule has 2 aromatic carbocycles. The van der Waals surface area contributed by atoms with Crippen LogP contribution in [0, 0.1) is 11.6 Å². The molecule has 0 radical (unpaired) electrons. The Balaban J connectivity index is 1.39. The van der Waals surface area contributed by atoms with Crippen molar-refractivity contribution >= 4 is 27.2 Å². The highest BCUT2D eigenvalue weighted by atomic mass is 32.1. The molecule has 8 heteroatoms. The first-order valence-electron chi connectivity index (χ1n) is 7.84. The lowest BCUT2D eigenvalue weighted by molar-refractivity contribution is 0.354. The van der Waals surface area contributed by atoms with E-state index in [-0.39, 0.29) is 12.3 Å². The summed E-state index contributed by atoms with van der Waals surface area (Å²) in [4.78, 5) is 8.41. The Hall–Kier alpha value is -2.84. The molecule has 1 aliphatic rings. The topological polar surface area (TPSA) is 63.5 Å². The molecule has 2 aromatic heterocycles. The van der Waals surface area contributed by atoms with Crippen LogP contribution in [0.1, 0.15) is 11.9 Å². The number of nitrogens with zero attached hydrogens (tertiary/aromatic N) is 2. The molecule has 0 aliphatic carbocycles. The fraction of sp³-hybridized carbons (Fsp3) is 0.111. The van der Waals surface area contributed by atoms with E-state index in [1.54, 1.807) is 6.20 Å². The fourth-order valence-corrected chi connectivity index (χ4v) is 3.68. The number of aromatic nitrogens is 2. The fourth-order valence-electron chi connectivity index (χ4n) is 2.74. The second-order valence-corrected chi connectivity index (χ2v) is 6.89. The summed E-state index contributed by atoms with van der Waals surface area (Å²) in [5, 5.41) is 3.89. The van der Waals surface area contributed by atoms with E-state index in [4.69, 9.17) is 9.15 Å². The Bertz CT molecular complexity index is 1100. The van der Waals surface area contributed by atoms with Crippen molar-refractivity contribution in [2.75, 3.05) is 5.32 Å². The summed E-state index contributed by atoms with van der Waals surface area (Å²) in [5.41, 5.74) is 2.18. The highest BCUT2D eigenvalue weighted by Crippen LogP contribution is 2.39. The summed E-state index contributed by atoms with van der Waals surface area (Å²) < 4.78 is 38.3. The number of rotatable bonds is 4. The van der Waals surface area contributed by atoms with Crippen LogP contribution in [0.15, 0.2) is 53.4 Å². The predicted molar refractivity (Wildman–Crippen MR) is 92.7 cm³/mol. The lowest BCUT2D eigenvalue weighted by Crippen LogP contribution is -2.03. The standard InChI is InChI=1S/C18H11F2N3O2S/c19-11-3-1-9(5-12(11)20)18-23-13-6-10(2-4-15(13)26-18)22-17-16(25-17)14-7-21-8-24-14/h1-8,16-17,22H. The number of halogens is 2. The average Bonchev–Trinajstić information content (AvgIpc) is 3.05. The summed E-state index contributed by atoms with van der Waals surface area (Å²) >= 11 is 1.42. The van der Waals surface area contributed by atoms with Crippen molar-refractivity contribution in [3.8, 4) is 10.6 Å². The zero-order valence-electron chi connectivity index (χ0n) is 13.1. The van der Waals surface area contributed by atoms with Gasteiger partial charge in [0.1, 0.15) is 5.01 Å². The van der Waals surface area contributed by atoms with Crippen LogP contribution in [0.5, 0.6) is 0 Å². The molecule has 2 atom stereocenters. The first-order valence-corrected chi connectivity index (χ1v) is 8.65. The van der Waals surface area contributed by atoms with Crippen LogP contribution >= 0.6 is 11.3 Å². The second-order valence-electron chi connectivity index (χ2n) is 5.86. The van der Waals surface area contributed by atoms with Gasteiger partial charge in [0, 0.05) is 11.3 Å². The van der Waals surface area contributed by atoms with Crippen LogP contribution < -0.4 is 5.32 Å². The van der Waals surface area contributed by atoms with Gasteiger partial charge in [0.15, 0.2) is 36.1 Å². The van der Waals surface area contributed by atoms with Crippen molar-refractivity contribution in [1.82, 2.24) is 9.97 Å². The molecule has 0 spiro atoms. The molecule has 0 amide bonds. The number of epoxide rings is 1. The van der Waals surface area contributed by atoms with Gasteiger partial charge in [-0.1, -0.05) is 0 Å². The Morgan fingerprint density at radius 3 is 2.81 bits per heavy atom. The van der Waals surface area contributed by atoms with Gasteiger partial charge < -0.3 is 14.5 Å². The first-order chi connectivity index (χ1) is 12.7. The number of thiazole rings is 1. The van der Waals surface area contributed by atoms with Gasteiger partial charge in [0.05, 0.1) is 16.4 Å². The van der Waals surface area contributed by atoms with E-state index in [1.807, 2.05) is 18.2 Å². The van der Waals surface area contributed by atoms with Gasteiger partial charge in [0.25, 0.3) is 0 Å².